The van der Waals surface area contributed by atoms with Crippen molar-refractivity contribution in [3.63, 3.8) is 0 Å². The molecule has 2 aromatic carbocycles. The number of carbonyl (C=O) groups excluding carboxylic acids is 1. The molecule has 2 aliphatic rings. The molecule has 0 spiro atoms. The maximum Gasteiger partial charge on any atom is 0.394 e. The van der Waals surface area contributed by atoms with Crippen LogP contribution in [0.25, 0.3) is 16.8 Å². The second-order valence-electron chi connectivity index (χ2n) is 11.2. The summed E-state index contributed by atoms with van der Waals surface area (Å²) in [5, 5.41) is 11.3. The Bertz CT molecular complexity index is 1650. The molecule has 2 aromatic heterocycles. The summed E-state index contributed by atoms with van der Waals surface area (Å²) in [6.07, 6.45) is -3.81. The molecule has 42 heavy (non-hydrogen) atoms. The Morgan fingerprint density at radius 3 is 2.50 bits per heavy atom. The van der Waals surface area contributed by atoms with Crippen molar-refractivity contribution in [1.29, 1.82) is 0 Å². The fraction of sp³-hybridized carbons (Fsp3) is 0.367. The van der Waals surface area contributed by atoms with Gasteiger partial charge in [-0.05, 0) is 37.0 Å². The molecule has 7 nitrogen and oxygen atoms in total. The van der Waals surface area contributed by atoms with Crippen molar-refractivity contribution < 1.29 is 31.9 Å². The number of imidazole rings is 1. The van der Waals surface area contributed by atoms with E-state index in [1.54, 1.807) is 40.9 Å². The number of alkyl halides is 5. The van der Waals surface area contributed by atoms with Crippen LogP contribution in [-0.2, 0) is 10.4 Å². The van der Waals surface area contributed by atoms with E-state index in [-0.39, 0.29) is 30.3 Å². The number of benzene rings is 2. The van der Waals surface area contributed by atoms with Crippen molar-refractivity contribution in [3.05, 3.63) is 83.4 Å². The topological polar surface area (TPSA) is 96.8 Å². The van der Waals surface area contributed by atoms with Crippen molar-refractivity contribution in [2.75, 3.05) is 12.3 Å². The lowest BCUT2D eigenvalue weighted by atomic mass is 9.87. The van der Waals surface area contributed by atoms with Crippen molar-refractivity contribution >= 4 is 17.2 Å². The van der Waals surface area contributed by atoms with Crippen LogP contribution in [0.1, 0.15) is 61.0 Å². The predicted molar refractivity (Wildman–Crippen MR) is 145 cm³/mol. The van der Waals surface area contributed by atoms with E-state index >= 15 is 0 Å². The zero-order chi connectivity index (χ0) is 30.0. The molecular weight excluding hydrogens is 557 g/mol. The maximum absolute atomic E-state index is 13.6. The zero-order valence-corrected chi connectivity index (χ0v) is 22.5. The third kappa shape index (κ3) is 4.67. The highest BCUT2D eigenvalue weighted by molar-refractivity contribution is 5.85. The first kappa shape index (κ1) is 28.1. The molecule has 0 unspecified atom stereocenters. The molecule has 6 rings (SSSR count). The van der Waals surface area contributed by atoms with Gasteiger partial charge in [-0.3, -0.25) is 9.20 Å². The van der Waals surface area contributed by atoms with E-state index in [1.165, 1.54) is 36.2 Å². The summed E-state index contributed by atoms with van der Waals surface area (Å²) in [5.74, 6) is -1.71. The highest BCUT2D eigenvalue weighted by Gasteiger charge is 2.55. The number of carbonyl (C=O) groups is 1. The van der Waals surface area contributed by atoms with Crippen LogP contribution < -0.4 is 5.73 Å². The van der Waals surface area contributed by atoms with Gasteiger partial charge in [0.1, 0.15) is 28.5 Å². The molecule has 3 N–H and O–H groups in total. The monoisotopic (exact) mass is 585 g/mol. The van der Waals surface area contributed by atoms with Crippen LogP contribution in [0.3, 0.4) is 0 Å². The molecule has 1 amide bonds. The lowest BCUT2D eigenvalue weighted by molar-refractivity contribution is -0.182. The second kappa shape index (κ2) is 10.0. The zero-order valence-electron chi connectivity index (χ0n) is 22.5. The van der Waals surface area contributed by atoms with Gasteiger partial charge in [-0.15, -0.1) is 0 Å². The summed E-state index contributed by atoms with van der Waals surface area (Å²) in [4.78, 5) is 23.0. The van der Waals surface area contributed by atoms with Gasteiger partial charge in [-0.1, -0.05) is 42.5 Å². The number of fused-ring (bicyclic) bond motifs is 2. The molecule has 0 bridgehead atoms. The summed E-state index contributed by atoms with van der Waals surface area (Å²) in [7, 11) is 0. The van der Waals surface area contributed by atoms with Gasteiger partial charge >= 0.3 is 6.18 Å². The Balaban J connectivity index is 1.33. The van der Waals surface area contributed by atoms with E-state index < -0.39 is 42.5 Å². The number of anilines is 1. The molecule has 4 aromatic rings. The van der Waals surface area contributed by atoms with Gasteiger partial charge < -0.3 is 15.7 Å². The number of aromatic nitrogens is 3. The molecule has 0 radical (unpaired) electrons. The van der Waals surface area contributed by atoms with Gasteiger partial charge in [0.2, 0.25) is 5.91 Å². The Morgan fingerprint density at radius 2 is 1.81 bits per heavy atom. The summed E-state index contributed by atoms with van der Waals surface area (Å²) in [5.41, 5.74) is 6.95. The lowest BCUT2D eigenvalue weighted by Gasteiger charge is -2.37. The van der Waals surface area contributed by atoms with Crippen molar-refractivity contribution in [3.8, 4) is 11.3 Å². The number of nitrogen functional groups attached to an aromatic ring is 1. The molecule has 4 heterocycles. The molecule has 2 fully saturated rings. The van der Waals surface area contributed by atoms with Gasteiger partial charge in [0.05, 0.1) is 5.92 Å². The number of nitrogens with zero attached hydrogens (tertiary/aromatic N) is 4. The Morgan fingerprint density at radius 1 is 1.07 bits per heavy atom. The maximum atomic E-state index is 13.6. The first-order valence-electron chi connectivity index (χ1n) is 13.6. The SMILES string of the molecule is C[C@@](O)(c1ccc(-c2nc([C@@H]3CC[C@H]4[C@H](C(F)(F)F)CC(=O)N4C3)n3ccnc(N)c23)cc1)c1cccc(C(F)F)c1. The van der Waals surface area contributed by atoms with Crippen LogP contribution >= 0.6 is 0 Å². The number of halogens is 5. The summed E-state index contributed by atoms with van der Waals surface area (Å²) >= 11 is 0. The van der Waals surface area contributed by atoms with Crippen molar-refractivity contribution in [2.24, 2.45) is 5.92 Å². The lowest BCUT2D eigenvalue weighted by Crippen LogP contribution is -2.45. The highest BCUT2D eigenvalue weighted by atomic mass is 19.4. The van der Waals surface area contributed by atoms with E-state index in [9.17, 15) is 31.9 Å². The Labute approximate surface area is 237 Å². The normalized spacial score (nSPS) is 22.5. The Kier molecular flexibility index (Phi) is 6.71. The number of nitrogens with two attached hydrogens (primary N) is 1. The van der Waals surface area contributed by atoms with Crippen molar-refractivity contribution in [1.82, 2.24) is 19.3 Å². The number of piperidine rings is 1. The second-order valence-corrected chi connectivity index (χ2v) is 11.2. The van der Waals surface area contributed by atoms with Crippen LogP contribution in [0.4, 0.5) is 27.8 Å². The van der Waals surface area contributed by atoms with Crippen LogP contribution in [0.5, 0.6) is 0 Å². The van der Waals surface area contributed by atoms with Gasteiger partial charge in [-0.2, -0.15) is 13.2 Å². The fourth-order valence-electron chi connectivity index (χ4n) is 6.36. The molecular formula is C30H28F5N5O2. The fourth-order valence-corrected chi connectivity index (χ4v) is 6.36. The molecule has 12 heteroatoms. The van der Waals surface area contributed by atoms with Gasteiger partial charge in [0.25, 0.3) is 6.43 Å². The number of hydrogen-bond acceptors (Lipinski definition) is 5. The van der Waals surface area contributed by atoms with E-state index in [1.807, 2.05) is 0 Å². The molecule has 4 atom stereocenters. The minimum atomic E-state index is -4.43. The van der Waals surface area contributed by atoms with Crippen LogP contribution in [0.15, 0.2) is 60.9 Å². The number of hydrogen-bond donors (Lipinski definition) is 2. The first-order chi connectivity index (χ1) is 19.9. The molecule has 2 aliphatic heterocycles. The van der Waals surface area contributed by atoms with Crippen LogP contribution in [-0.4, -0.2) is 49.0 Å². The third-order valence-corrected chi connectivity index (χ3v) is 8.62. The molecule has 220 valence electrons. The van der Waals surface area contributed by atoms with Gasteiger partial charge in [0, 0.05) is 48.4 Å². The average Bonchev–Trinajstić information content (AvgIpc) is 3.52. The molecule has 0 aliphatic carbocycles. The predicted octanol–water partition coefficient (Wildman–Crippen LogP) is 5.83. The summed E-state index contributed by atoms with van der Waals surface area (Å²) in [6.45, 7) is 1.65. The van der Waals surface area contributed by atoms with Crippen molar-refractivity contribution in [2.45, 2.75) is 56.3 Å². The van der Waals surface area contributed by atoms with Crippen LogP contribution in [0, 0.1) is 5.92 Å². The minimum Gasteiger partial charge on any atom is -0.382 e. The van der Waals surface area contributed by atoms with E-state index in [0.29, 0.717) is 40.1 Å². The standard InChI is InChI=1S/C30H28F5N5O2/c1-29(42,20-4-2-3-17(13-20)26(31)32)19-8-5-16(6-9-19)24-25-27(36)37-11-12-39(25)28(38-24)18-7-10-22-21(30(33,34)35)14-23(41)40(22)15-18/h2-6,8-9,11-13,18,21-22,26,42H,7,10,14-15H2,1H3,(H2,36,37)/t18-,21-,22+,29-/m1/s1. The van der Waals surface area contributed by atoms with Crippen LogP contribution in [0.2, 0.25) is 0 Å². The smallest absolute Gasteiger partial charge is 0.382 e. The van der Waals surface area contributed by atoms with Gasteiger partial charge in [0.15, 0.2) is 0 Å². The number of rotatable bonds is 5. The number of aliphatic hydroxyl groups is 1. The molecule has 0 saturated carbocycles. The Hall–Kier alpha value is -4.06. The largest absolute Gasteiger partial charge is 0.394 e. The third-order valence-electron chi connectivity index (χ3n) is 8.62. The van der Waals surface area contributed by atoms with E-state index in [4.69, 9.17) is 10.7 Å². The number of amides is 1. The highest BCUT2D eigenvalue weighted by Crippen LogP contribution is 2.45. The van der Waals surface area contributed by atoms with E-state index in [0.717, 1.165) is 0 Å². The minimum absolute atomic E-state index is 0.121. The van der Waals surface area contributed by atoms with Gasteiger partial charge in [-0.25, -0.2) is 18.7 Å². The summed E-state index contributed by atoms with van der Waals surface area (Å²) in [6, 6.07) is 11.6. The quantitative estimate of drug-likeness (QED) is 0.288. The summed E-state index contributed by atoms with van der Waals surface area (Å²) < 4.78 is 68.9. The average molecular weight is 586 g/mol. The molecule has 2 saturated heterocycles. The van der Waals surface area contributed by atoms with E-state index in [2.05, 4.69) is 4.98 Å². The first-order valence-corrected chi connectivity index (χ1v) is 13.6.